The Kier molecular flexibility index (Phi) is 5.40. The van der Waals surface area contributed by atoms with Crippen LogP contribution in [0, 0.1) is 0 Å². The van der Waals surface area contributed by atoms with E-state index >= 15 is 0 Å². The van der Waals surface area contributed by atoms with Gasteiger partial charge in [0.05, 0.1) is 6.54 Å². The maximum Gasteiger partial charge on any atom is 0.234 e. The molecule has 0 aliphatic rings. The summed E-state index contributed by atoms with van der Waals surface area (Å²) in [5.74, 6) is 0.0207. The van der Waals surface area contributed by atoms with E-state index in [1.807, 2.05) is 12.1 Å². The van der Waals surface area contributed by atoms with Crippen LogP contribution in [0.15, 0.2) is 24.5 Å². The standard InChI is InChI=1S/C11H17N3O/c1-2-5-12-9-11(15)14-8-10-4-3-6-13-7-10/h3-4,6-7,12H,2,5,8-9H2,1H3,(H,14,15). The molecule has 0 atom stereocenters. The van der Waals surface area contributed by atoms with Gasteiger partial charge in [0.15, 0.2) is 0 Å². The second-order valence-electron chi connectivity index (χ2n) is 3.31. The van der Waals surface area contributed by atoms with Crippen LogP contribution in [-0.2, 0) is 11.3 Å². The first-order valence-corrected chi connectivity index (χ1v) is 5.19. The van der Waals surface area contributed by atoms with Gasteiger partial charge in [0, 0.05) is 18.9 Å². The molecule has 1 aromatic rings. The van der Waals surface area contributed by atoms with Crippen LogP contribution in [0.1, 0.15) is 18.9 Å². The van der Waals surface area contributed by atoms with E-state index in [0.717, 1.165) is 18.5 Å². The molecule has 1 heterocycles. The lowest BCUT2D eigenvalue weighted by Gasteiger charge is -2.05. The Morgan fingerprint density at radius 2 is 2.40 bits per heavy atom. The molecule has 0 aromatic carbocycles. The SMILES string of the molecule is CCCNCC(=O)NCc1cccnc1. The molecule has 0 radical (unpaired) electrons. The average Bonchev–Trinajstić information content (AvgIpc) is 2.28. The van der Waals surface area contributed by atoms with Crippen LogP contribution in [0.4, 0.5) is 0 Å². The number of carbonyl (C=O) groups is 1. The number of hydrogen-bond donors (Lipinski definition) is 2. The summed E-state index contributed by atoms with van der Waals surface area (Å²) in [6.45, 7) is 3.87. The number of nitrogens with zero attached hydrogens (tertiary/aromatic N) is 1. The topological polar surface area (TPSA) is 54.0 Å². The third kappa shape index (κ3) is 5.12. The van der Waals surface area contributed by atoms with Gasteiger partial charge in [-0.3, -0.25) is 9.78 Å². The van der Waals surface area contributed by atoms with Gasteiger partial charge in [-0.1, -0.05) is 13.0 Å². The van der Waals surface area contributed by atoms with Gasteiger partial charge >= 0.3 is 0 Å². The highest BCUT2D eigenvalue weighted by Crippen LogP contribution is 1.93. The van der Waals surface area contributed by atoms with Crippen LogP contribution < -0.4 is 10.6 Å². The molecule has 15 heavy (non-hydrogen) atoms. The van der Waals surface area contributed by atoms with Crippen LogP contribution in [-0.4, -0.2) is 24.0 Å². The van der Waals surface area contributed by atoms with Gasteiger partial charge in [0.2, 0.25) is 5.91 Å². The molecule has 0 aliphatic carbocycles. The number of pyridine rings is 1. The Hall–Kier alpha value is -1.42. The van der Waals surface area contributed by atoms with Crippen molar-refractivity contribution in [1.29, 1.82) is 0 Å². The van der Waals surface area contributed by atoms with Gasteiger partial charge in [0.1, 0.15) is 0 Å². The lowest BCUT2D eigenvalue weighted by molar-refractivity contribution is -0.120. The Morgan fingerprint density at radius 1 is 1.53 bits per heavy atom. The zero-order valence-electron chi connectivity index (χ0n) is 8.99. The fourth-order valence-corrected chi connectivity index (χ4v) is 1.14. The summed E-state index contributed by atoms with van der Waals surface area (Å²) >= 11 is 0. The van der Waals surface area contributed by atoms with Crippen LogP contribution in [0.2, 0.25) is 0 Å². The number of rotatable bonds is 6. The molecule has 0 aliphatic heterocycles. The molecule has 0 bridgehead atoms. The first-order chi connectivity index (χ1) is 7.33. The molecular weight excluding hydrogens is 190 g/mol. The fraction of sp³-hybridized carbons (Fsp3) is 0.455. The van der Waals surface area contributed by atoms with E-state index in [1.165, 1.54) is 0 Å². The van der Waals surface area contributed by atoms with Crippen molar-refractivity contribution in [2.75, 3.05) is 13.1 Å². The van der Waals surface area contributed by atoms with Crippen LogP contribution in [0.25, 0.3) is 0 Å². The van der Waals surface area contributed by atoms with Crippen molar-refractivity contribution < 1.29 is 4.79 Å². The van der Waals surface area contributed by atoms with E-state index in [1.54, 1.807) is 12.4 Å². The largest absolute Gasteiger partial charge is 0.351 e. The molecule has 2 N–H and O–H groups in total. The monoisotopic (exact) mass is 207 g/mol. The third-order valence-corrected chi connectivity index (χ3v) is 1.92. The Labute approximate surface area is 90.1 Å². The number of carbonyl (C=O) groups excluding carboxylic acids is 1. The number of nitrogens with one attached hydrogen (secondary N) is 2. The minimum absolute atomic E-state index is 0.0207. The van der Waals surface area contributed by atoms with Crippen LogP contribution in [0.5, 0.6) is 0 Å². The van der Waals surface area contributed by atoms with Gasteiger partial charge < -0.3 is 10.6 Å². The van der Waals surface area contributed by atoms with Crippen molar-refractivity contribution in [2.45, 2.75) is 19.9 Å². The van der Waals surface area contributed by atoms with Crippen molar-refractivity contribution in [3.63, 3.8) is 0 Å². The van der Waals surface area contributed by atoms with Crippen molar-refractivity contribution in [3.8, 4) is 0 Å². The van der Waals surface area contributed by atoms with Crippen molar-refractivity contribution in [1.82, 2.24) is 15.6 Å². The van der Waals surface area contributed by atoms with E-state index in [4.69, 9.17) is 0 Å². The van der Waals surface area contributed by atoms with Gasteiger partial charge in [-0.25, -0.2) is 0 Å². The highest BCUT2D eigenvalue weighted by molar-refractivity contribution is 5.77. The molecule has 0 fully saturated rings. The molecule has 0 saturated heterocycles. The molecule has 0 spiro atoms. The second kappa shape index (κ2) is 6.95. The van der Waals surface area contributed by atoms with E-state index in [9.17, 15) is 4.79 Å². The smallest absolute Gasteiger partial charge is 0.234 e. The molecule has 1 aromatic heterocycles. The summed E-state index contributed by atoms with van der Waals surface area (Å²) in [5, 5.41) is 5.86. The van der Waals surface area contributed by atoms with Crippen LogP contribution in [0.3, 0.4) is 0 Å². The van der Waals surface area contributed by atoms with Gasteiger partial charge in [0.25, 0.3) is 0 Å². The number of amides is 1. The summed E-state index contributed by atoms with van der Waals surface area (Å²) in [5.41, 5.74) is 1.02. The van der Waals surface area contributed by atoms with Gasteiger partial charge in [-0.2, -0.15) is 0 Å². The molecule has 1 amide bonds. The predicted octanol–water partition coefficient (Wildman–Crippen LogP) is 0.697. The summed E-state index contributed by atoms with van der Waals surface area (Å²) in [7, 11) is 0. The molecule has 0 saturated carbocycles. The zero-order valence-corrected chi connectivity index (χ0v) is 8.99. The van der Waals surface area contributed by atoms with E-state index in [-0.39, 0.29) is 5.91 Å². The Balaban J connectivity index is 2.17. The van der Waals surface area contributed by atoms with E-state index in [0.29, 0.717) is 13.1 Å². The van der Waals surface area contributed by atoms with E-state index in [2.05, 4.69) is 22.5 Å². The molecular formula is C11H17N3O. The number of aromatic nitrogens is 1. The maximum atomic E-state index is 11.3. The number of hydrogen-bond acceptors (Lipinski definition) is 3. The summed E-state index contributed by atoms with van der Waals surface area (Å²) in [6, 6.07) is 3.80. The summed E-state index contributed by atoms with van der Waals surface area (Å²) < 4.78 is 0. The van der Waals surface area contributed by atoms with Crippen molar-refractivity contribution >= 4 is 5.91 Å². The average molecular weight is 207 g/mol. The van der Waals surface area contributed by atoms with Gasteiger partial charge in [-0.15, -0.1) is 0 Å². The Bertz CT molecular complexity index is 287. The first-order valence-electron chi connectivity index (χ1n) is 5.19. The van der Waals surface area contributed by atoms with E-state index < -0.39 is 0 Å². The highest BCUT2D eigenvalue weighted by atomic mass is 16.1. The predicted molar refractivity (Wildman–Crippen MR) is 59.2 cm³/mol. The van der Waals surface area contributed by atoms with Crippen molar-refractivity contribution in [3.05, 3.63) is 30.1 Å². The summed E-state index contributed by atoms with van der Waals surface area (Å²) in [4.78, 5) is 15.3. The third-order valence-electron chi connectivity index (χ3n) is 1.92. The van der Waals surface area contributed by atoms with Crippen LogP contribution >= 0.6 is 0 Å². The van der Waals surface area contributed by atoms with Crippen molar-refractivity contribution in [2.24, 2.45) is 0 Å². The highest BCUT2D eigenvalue weighted by Gasteiger charge is 1.99. The lowest BCUT2D eigenvalue weighted by atomic mass is 10.3. The Morgan fingerprint density at radius 3 is 3.07 bits per heavy atom. The quantitative estimate of drug-likeness (QED) is 0.675. The molecule has 4 nitrogen and oxygen atoms in total. The molecule has 4 heteroatoms. The minimum Gasteiger partial charge on any atom is -0.351 e. The first kappa shape index (κ1) is 11.7. The zero-order chi connectivity index (χ0) is 10.9. The molecule has 1 rings (SSSR count). The summed E-state index contributed by atoms with van der Waals surface area (Å²) in [6.07, 6.45) is 4.50. The molecule has 0 unspecified atom stereocenters. The fourth-order valence-electron chi connectivity index (χ4n) is 1.14. The normalized spacial score (nSPS) is 9.93. The maximum absolute atomic E-state index is 11.3. The second-order valence-corrected chi connectivity index (χ2v) is 3.31. The molecule has 82 valence electrons. The lowest BCUT2D eigenvalue weighted by Crippen LogP contribution is -2.33. The minimum atomic E-state index is 0.0207. The van der Waals surface area contributed by atoms with Gasteiger partial charge in [-0.05, 0) is 24.6 Å².